The van der Waals surface area contributed by atoms with Crippen molar-refractivity contribution < 1.29 is 19.4 Å². The molecule has 3 aromatic rings. The quantitative estimate of drug-likeness (QED) is 0.333. The number of hydrogen-bond acceptors (Lipinski definition) is 4. The molecular weight excluding hydrogens is 505 g/mol. The number of aromatic carboxylic acids is 1. The fourth-order valence-corrected chi connectivity index (χ4v) is 4.13. The van der Waals surface area contributed by atoms with Crippen LogP contribution in [0.15, 0.2) is 53.0 Å². The first-order chi connectivity index (χ1) is 14.8. The minimum Gasteiger partial charge on any atom is -0.493 e. The number of anilines is 1. The lowest BCUT2D eigenvalue weighted by atomic mass is 10.1. The molecule has 0 aliphatic heterocycles. The number of hydrogen-bond donors (Lipinski definition) is 2. The average molecular weight is 525 g/mol. The van der Waals surface area contributed by atoms with E-state index in [2.05, 4.69) is 21.2 Å². The standard InChI is InChI=1S/C23H20BrCl2NO4/c1-13-8-15(23(28)29)6-7-20(13)27-11-14-9-17(24)22(21(10-14)30-2)31-12-16-18(25)4-3-5-19(16)26/h3-10,27H,11-12H2,1-2H3,(H,28,29). The number of carbonyl (C=O) groups is 1. The Morgan fingerprint density at radius 3 is 2.45 bits per heavy atom. The van der Waals surface area contributed by atoms with Crippen molar-refractivity contribution in [1.82, 2.24) is 0 Å². The summed E-state index contributed by atoms with van der Waals surface area (Å²) in [4.78, 5) is 11.1. The fourth-order valence-electron chi connectivity index (χ4n) is 3.02. The van der Waals surface area contributed by atoms with E-state index in [1.54, 1.807) is 43.5 Å². The molecule has 5 nitrogen and oxygen atoms in total. The maximum absolute atomic E-state index is 11.1. The van der Waals surface area contributed by atoms with E-state index < -0.39 is 5.97 Å². The molecule has 31 heavy (non-hydrogen) atoms. The topological polar surface area (TPSA) is 67.8 Å². The minimum absolute atomic E-state index is 0.195. The van der Waals surface area contributed by atoms with Crippen molar-refractivity contribution in [3.05, 3.63) is 85.3 Å². The normalized spacial score (nSPS) is 10.6. The third-order valence-corrected chi connectivity index (χ3v) is 5.97. The van der Waals surface area contributed by atoms with Crippen LogP contribution in [0.4, 0.5) is 5.69 Å². The van der Waals surface area contributed by atoms with Gasteiger partial charge in [-0.3, -0.25) is 0 Å². The second-order valence-electron chi connectivity index (χ2n) is 6.79. The van der Waals surface area contributed by atoms with Crippen LogP contribution in [-0.4, -0.2) is 18.2 Å². The molecule has 0 aromatic heterocycles. The van der Waals surface area contributed by atoms with Crippen molar-refractivity contribution in [2.24, 2.45) is 0 Å². The van der Waals surface area contributed by atoms with Gasteiger partial charge >= 0.3 is 5.97 Å². The van der Waals surface area contributed by atoms with Crippen LogP contribution >= 0.6 is 39.1 Å². The highest BCUT2D eigenvalue weighted by Gasteiger charge is 2.14. The number of rotatable bonds is 8. The first kappa shape index (κ1) is 23.3. The third kappa shape index (κ3) is 5.64. The molecule has 0 radical (unpaired) electrons. The maximum atomic E-state index is 11.1. The van der Waals surface area contributed by atoms with E-state index >= 15 is 0 Å². The molecule has 0 heterocycles. The number of methoxy groups -OCH3 is 1. The van der Waals surface area contributed by atoms with Crippen molar-refractivity contribution in [2.45, 2.75) is 20.1 Å². The second kappa shape index (κ2) is 10.3. The lowest BCUT2D eigenvalue weighted by Gasteiger charge is -2.16. The summed E-state index contributed by atoms with van der Waals surface area (Å²) in [6.07, 6.45) is 0. The maximum Gasteiger partial charge on any atom is 0.335 e. The number of carboxylic acid groups (broad SMARTS) is 1. The largest absolute Gasteiger partial charge is 0.493 e. The van der Waals surface area contributed by atoms with Gasteiger partial charge in [0.15, 0.2) is 11.5 Å². The van der Waals surface area contributed by atoms with Crippen molar-refractivity contribution in [1.29, 1.82) is 0 Å². The summed E-state index contributed by atoms with van der Waals surface area (Å²) in [5.41, 5.74) is 3.61. The molecule has 162 valence electrons. The summed E-state index contributed by atoms with van der Waals surface area (Å²) >= 11 is 16.0. The van der Waals surface area contributed by atoms with E-state index in [1.807, 2.05) is 19.1 Å². The van der Waals surface area contributed by atoms with Crippen LogP contribution in [0.25, 0.3) is 0 Å². The first-order valence-electron chi connectivity index (χ1n) is 9.30. The molecule has 3 rings (SSSR count). The lowest BCUT2D eigenvalue weighted by Crippen LogP contribution is -2.05. The Balaban J connectivity index is 1.75. The highest BCUT2D eigenvalue weighted by Crippen LogP contribution is 2.38. The van der Waals surface area contributed by atoms with E-state index in [9.17, 15) is 4.79 Å². The number of aryl methyl sites for hydroxylation is 1. The molecule has 0 spiro atoms. The molecule has 0 saturated heterocycles. The molecule has 0 bridgehead atoms. The zero-order valence-electron chi connectivity index (χ0n) is 16.8. The highest BCUT2D eigenvalue weighted by molar-refractivity contribution is 9.10. The molecule has 3 aromatic carbocycles. The van der Waals surface area contributed by atoms with Gasteiger partial charge in [-0.15, -0.1) is 0 Å². The summed E-state index contributed by atoms with van der Waals surface area (Å²) in [6, 6.07) is 14.1. The van der Waals surface area contributed by atoms with Crippen LogP contribution in [0, 0.1) is 6.92 Å². The smallest absolute Gasteiger partial charge is 0.335 e. The summed E-state index contributed by atoms with van der Waals surface area (Å²) in [6.45, 7) is 2.57. The van der Waals surface area contributed by atoms with Crippen LogP contribution in [0.5, 0.6) is 11.5 Å². The van der Waals surface area contributed by atoms with Crippen molar-refractivity contribution in [2.75, 3.05) is 12.4 Å². The fraction of sp³-hybridized carbons (Fsp3) is 0.174. The van der Waals surface area contributed by atoms with Gasteiger partial charge in [-0.05, 0) is 76.4 Å². The van der Waals surface area contributed by atoms with Crippen LogP contribution in [0.1, 0.15) is 27.0 Å². The van der Waals surface area contributed by atoms with Gasteiger partial charge in [0, 0.05) is 27.8 Å². The summed E-state index contributed by atoms with van der Waals surface area (Å²) in [5, 5.41) is 13.5. The van der Waals surface area contributed by atoms with Gasteiger partial charge in [0.1, 0.15) is 6.61 Å². The predicted octanol–water partition coefficient (Wildman–Crippen LogP) is 6.96. The zero-order chi connectivity index (χ0) is 22.5. The lowest BCUT2D eigenvalue weighted by molar-refractivity contribution is 0.0697. The number of carboxylic acids is 1. The molecular formula is C23H20BrCl2NO4. The monoisotopic (exact) mass is 523 g/mol. The van der Waals surface area contributed by atoms with Crippen LogP contribution in [0.2, 0.25) is 10.0 Å². The van der Waals surface area contributed by atoms with E-state index in [0.29, 0.717) is 33.7 Å². The Morgan fingerprint density at radius 1 is 1.13 bits per heavy atom. The number of halogens is 3. The molecule has 0 saturated carbocycles. The number of benzene rings is 3. The summed E-state index contributed by atoms with van der Waals surface area (Å²) < 4.78 is 12.2. The van der Waals surface area contributed by atoms with E-state index in [4.69, 9.17) is 37.8 Å². The molecule has 8 heteroatoms. The third-order valence-electron chi connectivity index (χ3n) is 4.67. The van der Waals surface area contributed by atoms with E-state index in [1.165, 1.54) is 0 Å². The first-order valence-corrected chi connectivity index (χ1v) is 10.8. The Labute approximate surface area is 199 Å². The van der Waals surface area contributed by atoms with Crippen LogP contribution in [0.3, 0.4) is 0 Å². The second-order valence-corrected chi connectivity index (χ2v) is 8.46. The van der Waals surface area contributed by atoms with E-state index in [0.717, 1.165) is 21.3 Å². The molecule has 0 fully saturated rings. The van der Waals surface area contributed by atoms with Gasteiger partial charge in [-0.25, -0.2) is 4.79 Å². The molecule has 0 atom stereocenters. The van der Waals surface area contributed by atoms with Gasteiger partial charge < -0.3 is 19.9 Å². The van der Waals surface area contributed by atoms with Gasteiger partial charge in [0.25, 0.3) is 0 Å². The van der Waals surface area contributed by atoms with Gasteiger partial charge in [-0.2, -0.15) is 0 Å². The zero-order valence-corrected chi connectivity index (χ0v) is 19.9. The van der Waals surface area contributed by atoms with Crippen molar-refractivity contribution in [3.8, 4) is 11.5 Å². The van der Waals surface area contributed by atoms with Gasteiger partial charge in [0.05, 0.1) is 17.1 Å². The summed E-state index contributed by atoms with van der Waals surface area (Å²) in [7, 11) is 1.57. The van der Waals surface area contributed by atoms with Gasteiger partial charge in [-0.1, -0.05) is 29.3 Å². The minimum atomic E-state index is -0.947. The molecule has 0 unspecified atom stereocenters. The summed E-state index contributed by atoms with van der Waals surface area (Å²) in [5.74, 6) is 0.161. The highest BCUT2D eigenvalue weighted by atomic mass is 79.9. The molecule has 0 amide bonds. The number of nitrogens with one attached hydrogen (secondary N) is 1. The van der Waals surface area contributed by atoms with Crippen LogP contribution < -0.4 is 14.8 Å². The molecule has 0 aliphatic carbocycles. The van der Waals surface area contributed by atoms with Crippen LogP contribution in [-0.2, 0) is 13.2 Å². The van der Waals surface area contributed by atoms with Gasteiger partial charge in [0.2, 0.25) is 0 Å². The van der Waals surface area contributed by atoms with E-state index in [-0.39, 0.29) is 12.2 Å². The SMILES string of the molecule is COc1cc(CNc2ccc(C(=O)O)cc2C)cc(Br)c1OCc1c(Cl)cccc1Cl. The Morgan fingerprint density at radius 2 is 1.84 bits per heavy atom. The number of ether oxygens (including phenoxy) is 2. The predicted molar refractivity (Wildman–Crippen MR) is 127 cm³/mol. The Hall–Kier alpha value is -2.41. The Kier molecular flexibility index (Phi) is 7.70. The Bertz CT molecular complexity index is 1100. The average Bonchev–Trinajstić information content (AvgIpc) is 2.73. The molecule has 0 aliphatic rings. The van der Waals surface area contributed by atoms with Crippen molar-refractivity contribution in [3.63, 3.8) is 0 Å². The molecule has 2 N–H and O–H groups in total. The van der Waals surface area contributed by atoms with Crippen molar-refractivity contribution >= 4 is 50.8 Å².